The van der Waals surface area contributed by atoms with Crippen LogP contribution in [0, 0.1) is 10.8 Å². The Morgan fingerprint density at radius 1 is 0.638 bits per heavy atom. The molecule has 0 aliphatic carbocycles. The van der Waals surface area contributed by atoms with Crippen molar-refractivity contribution in [3.8, 4) is 0 Å². The number of hydrogen-bond donors (Lipinski definition) is 15. The van der Waals surface area contributed by atoms with Crippen LogP contribution in [0.3, 0.4) is 0 Å². The number of alkyl halides is 17. The van der Waals surface area contributed by atoms with E-state index in [4.69, 9.17) is 21.9 Å². The number of aromatic nitrogens is 2. The molecule has 28 nitrogen and oxygen atoms in total. The average molecular weight is 1400 g/mol. The number of carbonyl (C=O) groups excluding carboxylic acids is 7. The lowest BCUT2D eigenvalue weighted by Gasteiger charge is -2.50. The molecule has 2 heterocycles. The minimum absolute atomic E-state index is 0.0128. The largest absolute Gasteiger partial charge is 0.481 e. The summed E-state index contributed by atoms with van der Waals surface area (Å²) < 4.78 is 247. The lowest BCUT2D eigenvalue weighted by Crippen LogP contribution is -2.76. The predicted octanol–water partition coefficient (Wildman–Crippen LogP) is -0.544. The lowest BCUT2D eigenvalue weighted by atomic mass is 9.61. The van der Waals surface area contributed by atoms with E-state index in [1.165, 1.54) is 0 Å². The topological polar surface area (TPSA) is 456 Å². The van der Waals surface area contributed by atoms with Crippen LogP contribution in [-0.2, 0) is 43.1 Å². The summed E-state index contributed by atoms with van der Waals surface area (Å²) in [7, 11) is 0. The van der Waals surface area contributed by atoms with E-state index >= 15 is 17.6 Å². The third-order valence-electron chi connectivity index (χ3n) is 14.8. The molecule has 0 bridgehead atoms. The van der Waals surface area contributed by atoms with Crippen LogP contribution in [0.25, 0.3) is 0 Å². The van der Waals surface area contributed by atoms with E-state index < -0.39 is 225 Å². The van der Waals surface area contributed by atoms with Crippen LogP contribution in [0.2, 0.25) is 0 Å². The first-order valence-corrected chi connectivity index (χ1v) is 27.3. The summed E-state index contributed by atoms with van der Waals surface area (Å²) in [5.74, 6) is -70.1. The maximum Gasteiger partial charge on any atom is 0.460 e. The van der Waals surface area contributed by atoms with Crippen molar-refractivity contribution in [1.82, 2.24) is 41.5 Å². The molecule has 1 aliphatic rings. The number of guanidine groups is 1. The zero-order valence-electron chi connectivity index (χ0n) is 49.5. The normalized spacial score (nSPS) is 18.4. The number of rotatable bonds is 37. The molecule has 0 saturated carbocycles. The minimum atomic E-state index is -8.90. The Morgan fingerprint density at radius 3 is 1.66 bits per heavy atom. The summed E-state index contributed by atoms with van der Waals surface area (Å²) in [5.41, 5.74) is 7.44. The second kappa shape index (κ2) is 31.8. The maximum atomic E-state index is 15.7. The highest BCUT2D eigenvalue weighted by molar-refractivity contribution is 5.96. The first-order chi connectivity index (χ1) is 42.7. The average Bonchev–Trinajstić information content (AvgIpc) is 0.770. The van der Waals surface area contributed by atoms with Gasteiger partial charge >= 0.3 is 59.3 Å². The summed E-state index contributed by atoms with van der Waals surface area (Å²) in [5, 5.41) is 63.6. The van der Waals surface area contributed by atoms with Crippen LogP contribution in [-0.4, -0.2) is 218 Å². The third-order valence-corrected chi connectivity index (χ3v) is 14.8. The Bertz CT molecular complexity index is 2940. The van der Waals surface area contributed by atoms with Crippen molar-refractivity contribution in [1.29, 1.82) is 0 Å². The summed E-state index contributed by atoms with van der Waals surface area (Å²) in [6, 6.07) is -6.19. The standard InChI is InChI=1S/C49H68F17N13O15/c1-40(2,41(3,4)42(50,51)43(52,53)44(54,55)45(56,57)46(58,59)47(60,61)48(62,63)49(64,65)66)37(92)71-13-6-5-10-22(33(89)70-14-8-11-27(82)77-26-12-16-79(39(93)78-26)36-31(87)30(86)25(20-81)94-36)75-35(91)24(19-80)76-34(90)23(17-29(84)85)74-28(83)18-73-32(88)21(67)9-7-15-72-38(68)69/h12,16,21-25,30-31,36,80-81,86-87H,5-11,13-15,17-20,67H2,1-4H3,(H,70,89)(H,71,92)(H,73,88)(H,74,83)(H,75,91)(H,76,90)(H,84,85)(H4,68,69,72)(H,77,78,82,93)/t21-,22-,23-,24-,25?,30?,31?,36?/m0/s1. The van der Waals surface area contributed by atoms with Crippen molar-refractivity contribution in [3.63, 3.8) is 0 Å². The van der Waals surface area contributed by atoms with Gasteiger partial charge in [-0.25, -0.2) is 4.79 Å². The monoisotopic (exact) mass is 1400 g/mol. The summed E-state index contributed by atoms with van der Waals surface area (Å²) in [6.45, 7) is -4.31. The van der Waals surface area contributed by atoms with Gasteiger partial charge in [0.15, 0.2) is 12.2 Å². The van der Waals surface area contributed by atoms with E-state index in [0.29, 0.717) is 0 Å². The van der Waals surface area contributed by atoms with Gasteiger partial charge in [0, 0.05) is 37.7 Å². The Hall–Kier alpha value is -7.52. The molecule has 18 N–H and O–H groups in total. The number of nitrogens with one attached hydrogen (secondary N) is 7. The van der Waals surface area contributed by atoms with Crippen LogP contribution in [0.4, 0.5) is 80.5 Å². The summed E-state index contributed by atoms with van der Waals surface area (Å²) in [6.07, 6.45) is -16.4. The molecule has 1 aromatic rings. The predicted molar refractivity (Wildman–Crippen MR) is 284 cm³/mol. The molecular formula is C49H68F17N13O15. The van der Waals surface area contributed by atoms with Gasteiger partial charge in [0.2, 0.25) is 41.4 Å². The van der Waals surface area contributed by atoms with Gasteiger partial charge in [-0.1, -0.05) is 27.7 Å². The van der Waals surface area contributed by atoms with Crippen molar-refractivity contribution in [2.75, 3.05) is 44.7 Å². The second-order valence-corrected chi connectivity index (χ2v) is 22.0. The Balaban J connectivity index is 2.35. The van der Waals surface area contributed by atoms with Crippen LogP contribution in [0.1, 0.15) is 85.3 Å². The minimum Gasteiger partial charge on any atom is -0.481 e. The number of nitrogens with two attached hydrogens (primary N) is 3. The van der Waals surface area contributed by atoms with E-state index in [1.807, 2.05) is 16.0 Å². The van der Waals surface area contributed by atoms with Crippen molar-refractivity contribution < 1.29 is 143 Å². The van der Waals surface area contributed by atoms with Crippen molar-refractivity contribution in [2.24, 2.45) is 33.0 Å². The molecule has 45 heteroatoms. The van der Waals surface area contributed by atoms with Crippen molar-refractivity contribution >= 4 is 59.1 Å². The molecule has 4 unspecified atom stereocenters. The van der Waals surface area contributed by atoms with Crippen molar-refractivity contribution in [2.45, 2.75) is 175 Å². The molecule has 0 spiro atoms. The number of aliphatic hydroxyl groups is 4. The van der Waals surface area contributed by atoms with E-state index in [0.717, 1.165) is 16.8 Å². The molecule has 8 atom stereocenters. The number of carboxylic acids is 1. The Morgan fingerprint density at radius 2 is 1.16 bits per heavy atom. The summed E-state index contributed by atoms with van der Waals surface area (Å²) >= 11 is 0. The fraction of sp³-hybridized carbons (Fsp3) is 0.735. The number of ether oxygens (including phenoxy) is 1. The summed E-state index contributed by atoms with van der Waals surface area (Å²) in [4.78, 5) is 123. The first kappa shape index (κ1) is 82.6. The number of nitrogens with zero attached hydrogens (tertiary/aromatic N) is 3. The number of aliphatic hydroxyl groups excluding tert-OH is 4. The van der Waals surface area contributed by atoms with Gasteiger partial charge in [-0.3, -0.25) is 47.9 Å². The maximum absolute atomic E-state index is 15.7. The Kier molecular flexibility index (Phi) is 27.9. The molecule has 1 saturated heterocycles. The highest BCUT2D eigenvalue weighted by Crippen LogP contribution is 2.67. The fourth-order valence-electron chi connectivity index (χ4n) is 8.29. The molecule has 1 fully saturated rings. The first-order valence-electron chi connectivity index (χ1n) is 27.3. The van der Waals surface area contributed by atoms with Crippen LogP contribution in [0.5, 0.6) is 0 Å². The zero-order valence-corrected chi connectivity index (χ0v) is 49.5. The van der Waals surface area contributed by atoms with Crippen LogP contribution in [0.15, 0.2) is 22.1 Å². The van der Waals surface area contributed by atoms with E-state index in [9.17, 15) is 126 Å². The van der Waals surface area contributed by atoms with Crippen LogP contribution >= 0.6 is 0 Å². The van der Waals surface area contributed by atoms with Gasteiger partial charge in [0.25, 0.3) is 0 Å². The molecule has 538 valence electrons. The zero-order chi connectivity index (χ0) is 72.9. The number of carboxylic acid groups (broad SMARTS) is 1. The molecule has 1 aromatic heterocycles. The number of hydrogen-bond acceptors (Lipinski definition) is 17. The van der Waals surface area contributed by atoms with Gasteiger partial charge < -0.3 is 84.7 Å². The number of unbranched alkanes of at least 4 members (excludes halogenated alkanes) is 1. The number of aliphatic carboxylic acids is 1. The molecule has 0 aromatic carbocycles. The number of carbonyl (C=O) groups is 8. The molecule has 2 rings (SSSR count). The van der Waals surface area contributed by atoms with Crippen LogP contribution < -0.4 is 60.1 Å². The number of anilines is 1. The Labute approximate surface area is 519 Å². The number of amides is 7. The van der Waals surface area contributed by atoms with Gasteiger partial charge in [0.05, 0.1) is 37.6 Å². The molecule has 0 radical (unpaired) electrons. The smallest absolute Gasteiger partial charge is 0.460 e. The van der Waals surface area contributed by atoms with Crippen molar-refractivity contribution in [3.05, 3.63) is 22.7 Å². The molecule has 94 heavy (non-hydrogen) atoms. The van der Waals surface area contributed by atoms with Gasteiger partial charge in [0.1, 0.15) is 42.3 Å². The molecular weight excluding hydrogens is 1330 g/mol. The van der Waals surface area contributed by atoms with Gasteiger partial charge in [-0.05, 0) is 44.6 Å². The fourth-order valence-corrected chi connectivity index (χ4v) is 8.29. The van der Waals surface area contributed by atoms with E-state index in [-0.39, 0.29) is 65.3 Å². The SMILES string of the molecule is CC(C)(C(=O)NCCCC[C@H](NC(=O)[C@H](CO)NC(=O)[C@H](CC(=O)O)NC(=O)CNC(=O)[C@@H](N)CCCN=C(N)N)C(=O)NCCCC(=O)Nc1ccn(C2OC(CO)C(O)C2O)c(=O)n1)C(C)(C)C(F)(F)C(F)(F)C(F)(F)C(F)(F)C(F)(F)C(F)(F)C(F)(F)C(F)(F)F. The molecule has 1 aliphatic heterocycles. The number of aliphatic imine (C=N–C) groups is 1. The molecule has 7 amide bonds. The van der Waals surface area contributed by atoms with E-state index in [1.54, 1.807) is 0 Å². The highest BCUT2D eigenvalue weighted by atomic mass is 19.4. The third kappa shape index (κ3) is 18.3. The van der Waals surface area contributed by atoms with Gasteiger partial charge in [-0.2, -0.15) is 79.6 Å². The quantitative estimate of drug-likeness (QED) is 0.0172. The van der Waals surface area contributed by atoms with E-state index in [2.05, 4.69) is 31.2 Å². The highest BCUT2D eigenvalue weighted by Gasteiger charge is 2.96. The number of halogens is 17. The van der Waals surface area contributed by atoms with Gasteiger partial charge in [-0.15, -0.1) is 0 Å². The lowest BCUT2D eigenvalue weighted by molar-refractivity contribution is -0.466. The second-order valence-electron chi connectivity index (χ2n) is 22.0.